The SMILES string of the molecule is CCOC(=O)C1=C(C)N(Cc2ccc(C(=O)N(C)CCc3ccc(OC)c(OC)c3)cc2)C(=O)CC1c1cccc(C)c1. The first-order valence-corrected chi connectivity index (χ1v) is 14.5. The number of ether oxygens (including phenoxy) is 3. The number of hydrogen-bond donors (Lipinski definition) is 0. The molecule has 0 radical (unpaired) electrons. The van der Waals surface area contributed by atoms with Gasteiger partial charge in [-0.2, -0.15) is 0 Å². The van der Waals surface area contributed by atoms with Crippen LogP contribution in [0.1, 0.15) is 58.8 Å². The number of carbonyl (C=O) groups excluding carboxylic acids is 3. The van der Waals surface area contributed by atoms with Crippen molar-refractivity contribution in [3.63, 3.8) is 0 Å². The highest BCUT2D eigenvalue weighted by molar-refractivity contribution is 5.96. The van der Waals surface area contributed by atoms with Crippen LogP contribution < -0.4 is 9.47 Å². The van der Waals surface area contributed by atoms with Crippen LogP contribution >= 0.6 is 0 Å². The molecule has 1 unspecified atom stereocenters. The van der Waals surface area contributed by atoms with E-state index in [1.54, 1.807) is 57.0 Å². The molecule has 1 heterocycles. The van der Waals surface area contributed by atoms with Crippen molar-refractivity contribution >= 4 is 17.8 Å². The third kappa shape index (κ3) is 7.25. The zero-order valence-electron chi connectivity index (χ0n) is 25.8. The predicted molar refractivity (Wildman–Crippen MR) is 165 cm³/mol. The molecule has 226 valence electrons. The number of nitrogens with zero attached hydrogens (tertiary/aromatic N) is 2. The number of rotatable bonds is 11. The minimum Gasteiger partial charge on any atom is -0.493 e. The molecule has 0 aliphatic carbocycles. The number of amides is 2. The van der Waals surface area contributed by atoms with E-state index < -0.39 is 5.97 Å². The first-order valence-electron chi connectivity index (χ1n) is 14.5. The highest BCUT2D eigenvalue weighted by Crippen LogP contribution is 2.38. The lowest BCUT2D eigenvalue weighted by atomic mass is 9.83. The smallest absolute Gasteiger partial charge is 0.336 e. The Kier molecular flexibility index (Phi) is 10.2. The fourth-order valence-electron chi connectivity index (χ4n) is 5.44. The van der Waals surface area contributed by atoms with Crippen molar-refractivity contribution in [3.05, 3.63) is 106 Å². The monoisotopic (exact) mass is 584 g/mol. The van der Waals surface area contributed by atoms with Crippen LogP contribution in [0.3, 0.4) is 0 Å². The Labute approximate surface area is 253 Å². The predicted octanol–water partition coefficient (Wildman–Crippen LogP) is 5.68. The summed E-state index contributed by atoms with van der Waals surface area (Å²) in [6.45, 7) is 6.64. The van der Waals surface area contributed by atoms with Crippen molar-refractivity contribution in [2.24, 2.45) is 0 Å². The van der Waals surface area contributed by atoms with E-state index in [1.807, 2.05) is 61.5 Å². The van der Waals surface area contributed by atoms with Crippen LogP contribution in [0.25, 0.3) is 0 Å². The molecule has 8 nitrogen and oxygen atoms in total. The number of likely N-dealkylation sites (N-methyl/N-ethyl adjacent to an activating group) is 1. The molecule has 0 N–H and O–H groups in total. The lowest BCUT2D eigenvalue weighted by Gasteiger charge is -2.34. The molecule has 0 bridgehead atoms. The third-order valence-electron chi connectivity index (χ3n) is 7.83. The Bertz CT molecular complexity index is 1510. The van der Waals surface area contributed by atoms with Gasteiger partial charge in [-0.3, -0.25) is 9.59 Å². The lowest BCUT2D eigenvalue weighted by Crippen LogP contribution is -2.38. The highest BCUT2D eigenvalue weighted by Gasteiger charge is 2.37. The van der Waals surface area contributed by atoms with E-state index in [9.17, 15) is 14.4 Å². The van der Waals surface area contributed by atoms with Gasteiger partial charge in [-0.1, -0.05) is 48.0 Å². The maximum atomic E-state index is 13.4. The van der Waals surface area contributed by atoms with Crippen LogP contribution in [-0.4, -0.2) is 62.0 Å². The Balaban J connectivity index is 1.47. The number of allylic oxidation sites excluding steroid dienone is 1. The Hall–Kier alpha value is -4.59. The van der Waals surface area contributed by atoms with Gasteiger partial charge in [0.15, 0.2) is 11.5 Å². The average molecular weight is 585 g/mol. The van der Waals surface area contributed by atoms with E-state index >= 15 is 0 Å². The second-order valence-electron chi connectivity index (χ2n) is 10.7. The first kappa shape index (κ1) is 31.3. The summed E-state index contributed by atoms with van der Waals surface area (Å²) in [6.07, 6.45) is 0.839. The summed E-state index contributed by atoms with van der Waals surface area (Å²) in [5, 5.41) is 0. The summed E-state index contributed by atoms with van der Waals surface area (Å²) in [6, 6.07) is 20.9. The zero-order valence-corrected chi connectivity index (χ0v) is 25.8. The van der Waals surface area contributed by atoms with Gasteiger partial charge in [0.1, 0.15) is 0 Å². The third-order valence-corrected chi connectivity index (χ3v) is 7.83. The largest absolute Gasteiger partial charge is 0.493 e. The second kappa shape index (κ2) is 14.1. The quantitative estimate of drug-likeness (QED) is 0.270. The number of hydrogen-bond acceptors (Lipinski definition) is 6. The van der Waals surface area contributed by atoms with E-state index in [4.69, 9.17) is 14.2 Å². The van der Waals surface area contributed by atoms with Crippen LogP contribution in [0, 0.1) is 6.92 Å². The van der Waals surface area contributed by atoms with E-state index in [1.165, 1.54) is 0 Å². The van der Waals surface area contributed by atoms with Gasteiger partial charge >= 0.3 is 5.97 Å². The van der Waals surface area contributed by atoms with E-state index in [0.29, 0.717) is 41.3 Å². The molecule has 0 saturated carbocycles. The Morgan fingerprint density at radius 1 is 0.930 bits per heavy atom. The fraction of sp³-hybridized carbons (Fsp3) is 0.343. The van der Waals surface area contributed by atoms with Crippen molar-refractivity contribution in [1.82, 2.24) is 9.80 Å². The summed E-state index contributed by atoms with van der Waals surface area (Å²) in [5.41, 5.74) is 5.54. The summed E-state index contributed by atoms with van der Waals surface area (Å²) >= 11 is 0. The van der Waals surface area contributed by atoms with Gasteiger partial charge in [-0.25, -0.2) is 4.79 Å². The Morgan fingerprint density at radius 2 is 1.63 bits per heavy atom. The molecule has 8 heteroatoms. The van der Waals surface area contributed by atoms with Crippen LogP contribution in [0.5, 0.6) is 11.5 Å². The molecule has 0 fully saturated rings. The molecule has 0 saturated heterocycles. The van der Waals surface area contributed by atoms with Crippen molar-refractivity contribution in [2.75, 3.05) is 34.4 Å². The molecule has 0 spiro atoms. The van der Waals surface area contributed by atoms with Crippen molar-refractivity contribution in [3.8, 4) is 11.5 Å². The minimum absolute atomic E-state index is 0.0629. The molecule has 3 aromatic carbocycles. The van der Waals surface area contributed by atoms with E-state index in [-0.39, 0.29) is 37.3 Å². The van der Waals surface area contributed by atoms with Gasteiger partial charge in [0.25, 0.3) is 5.91 Å². The highest BCUT2D eigenvalue weighted by atomic mass is 16.5. The molecule has 43 heavy (non-hydrogen) atoms. The Morgan fingerprint density at radius 3 is 2.28 bits per heavy atom. The second-order valence-corrected chi connectivity index (χ2v) is 10.7. The van der Waals surface area contributed by atoms with Crippen LogP contribution in [0.15, 0.2) is 78.0 Å². The van der Waals surface area contributed by atoms with Crippen molar-refractivity contribution < 1.29 is 28.6 Å². The summed E-state index contributed by atoms with van der Waals surface area (Å²) in [7, 11) is 4.97. The minimum atomic E-state index is -0.402. The maximum absolute atomic E-state index is 13.4. The topological polar surface area (TPSA) is 85.4 Å². The fourth-order valence-corrected chi connectivity index (χ4v) is 5.44. The molecular formula is C35H40N2O6. The zero-order chi connectivity index (χ0) is 31.1. The number of benzene rings is 3. The summed E-state index contributed by atoms with van der Waals surface area (Å²) < 4.78 is 16.1. The lowest BCUT2D eigenvalue weighted by molar-refractivity contribution is -0.140. The summed E-state index contributed by atoms with van der Waals surface area (Å²) in [4.78, 5) is 43.0. The van der Waals surface area contributed by atoms with Crippen LogP contribution in [0.2, 0.25) is 0 Å². The van der Waals surface area contributed by atoms with Crippen molar-refractivity contribution in [1.29, 1.82) is 0 Å². The molecule has 1 atom stereocenters. The van der Waals surface area contributed by atoms with Gasteiger partial charge in [-0.05, 0) is 68.1 Å². The van der Waals surface area contributed by atoms with Gasteiger partial charge in [0.2, 0.25) is 5.91 Å². The maximum Gasteiger partial charge on any atom is 0.336 e. The molecule has 2 amide bonds. The van der Waals surface area contributed by atoms with Crippen molar-refractivity contribution in [2.45, 2.75) is 46.1 Å². The number of aryl methyl sites for hydroxylation is 1. The number of esters is 1. The number of carbonyl (C=O) groups is 3. The van der Waals surface area contributed by atoms with Gasteiger partial charge in [-0.15, -0.1) is 0 Å². The standard InChI is InChI=1S/C35H40N2O6/c1-7-43-35(40)33-24(3)37(32(38)21-29(33)28-10-8-9-23(2)19-28)22-26-11-14-27(15-12-26)34(39)36(4)18-17-25-13-16-30(41-5)31(20-25)42-6/h8-16,19-20,29H,7,17-18,21-22H2,1-6H3. The van der Waals surface area contributed by atoms with Gasteiger partial charge in [0, 0.05) is 37.2 Å². The van der Waals surface area contributed by atoms with E-state index in [2.05, 4.69) is 0 Å². The normalized spacial score (nSPS) is 14.9. The molecule has 1 aliphatic rings. The van der Waals surface area contributed by atoms with Crippen LogP contribution in [0.4, 0.5) is 0 Å². The molecule has 0 aromatic heterocycles. The molecule has 3 aromatic rings. The van der Waals surface area contributed by atoms with Gasteiger partial charge < -0.3 is 24.0 Å². The van der Waals surface area contributed by atoms with Gasteiger partial charge in [0.05, 0.1) is 32.9 Å². The van der Waals surface area contributed by atoms with E-state index in [0.717, 1.165) is 22.3 Å². The first-order chi connectivity index (χ1) is 20.7. The number of methoxy groups -OCH3 is 2. The van der Waals surface area contributed by atoms with Crippen LogP contribution in [-0.2, 0) is 27.3 Å². The summed E-state index contributed by atoms with van der Waals surface area (Å²) in [5.74, 6) is 0.394. The molecular weight excluding hydrogens is 544 g/mol. The molecule has 1 aliphatic heterocycles. The molecule has 4 rings (SSSR count). The average Bonchev–Trinajstić information content (AvgIpc) is 3.01.